The van der Waals surface area contributed by atoms with Gasteiger partial charge in [0.05, 0.1) is 0 Å². The molecule has 1 aromatic rings. The van der Waals surface area contributed by atoms with Crippen molar-refractivity contribution in [2.24, 2.45) is 10.9 Å². The van der Waals surface area contributed by atoms with Crippen molar-refractivity contribution < 1.29 is 4.79 Å². The topological polar surface area (TPSA) is 56.7 Å². The number of carbonyl (C=O) groups excluding carboxylic acids is 1. The first-order valence-electron chi connectivity index (χ1n) is 10.2. The number of nitrogens with one attached hydrogen (secondary N) is 2. The summed E-state index contributed by atoms with van der Waals surface area (Å²) in [6.45, 7) is 3.57. The Kier molecular flexibility index (Phi) is 9.81. The number of piperidine rings is 1. The van der Waals surface area contributed by atoms with E-state index in [4.69, 9.17) is 0 Å². The third-order valence-electron chi connectivity index (χ3n) is 5.50. The smallest absolute Gasteiger partial charge is 0.223 e. The van der Waals surface area contributed by atoms with Crippen LogP contribution in [0.4, 0.5) is 0 Å². The number of rotatable bonds is 6. The number of hydrogen-bond donors (Lipinski definition) is 2. The zero-order valence-corrected chi connectivity index (χ0v) is 19.2. The van der Waals surface area contributed by atoms with Crippen molar-refractivity contribution in [3.63, 3.8) is 0 Å². The van der Waals surface area contributed by atoms with Gasteiger partial charge in [0.1, 0.15) is 0 Å². The van der Waals surface area contributed by atoms with Crippen molar-refractivity contribution in [3.05, 3.63) is 41.5 Å². The first kappa shape index (κ1) is 22.7. The molecule has 1 aromatic carbocycles. The highest BCUT2D eigenvalue weighted by Gasteiger charge is 2.24. The number of amides is 1. The summed E-state index contributed by atoms with van der Waals surface area (Å²) < 4.78 is 0. The summed E-state index contributed by atoms with van der Waals surface area (Å²) in [4.78, 5) is 18.6. The molecule has 0 aromatic heterocycles. The van der Waals surface area contributed by atoms with Crippen LogP contribution in [0.25, 0.3) is 6.08 Å². The predicted molar refractivity (Wildman–Crippen MR) is 127 cm³/mol. The second-order valence-corrected chi connectivity index (χ2v) is 7.45. The van der Waals surface area contributed by atoms with Crippen LogP contribution in [0.1, 0.15) is 44.1 Å². The molecule has 1 amide bonds. The molecule has 154 valence electrons. The Morgan fingerprint density at radius 1 is 1.14 bits per heavy atom. The number of hydrogen-bond acceptors (Lipinski definition) is 2. The highest BCUT2D eigenvalue weighted by atomic mass is 127. The van der Waals surface area contributed by atoms with Crippen molar-refractivity contribution >= 4 is 41.9 Å². The molecule has 1 heterocycles. The number of guanidine groups is 1. The summed E-state index contributed by atoms with van der Waals surface area (Å²) >= 11 is 0. The van der Waals surface area contributed by atoms with E-state index in [1.54, 1.807) is 0 Å². The lowest BCUT2D eigenvalue weighted by Gasteiger charge is -2.31. The third kappa shape index (κ3) is 6.79. The van der Waals surface area contributed by atoms with Crippen molar-refractivity contribution in [1.82, 2.24) is 15.5 Å². The highest BCUT2D eigenvalue weighted by molar-refractivity contribution is 14.0. The number of nitrogens with zero attached hydrogens (tertiary/aromatic N) is 2. The third-order valence-corrected chi connectivity index (χ3v) is 5.50. The number of carbonyl (C=O) groups is 1. The van der Waals surface area contributed by atoms with E-state index in [-0.39, 0.29) is 35.8 Å². The Hall–Kier alpha value is -1.57. The lowest BCUT2D eigenvalue weighted by Crippen LogP contribution is -2.45. The van der Waals surface area contributed by atoms with Gasteiger partial charge in [0.15, 0.2) is 5.96 Å². The van der Waals surface area contributed by atoms with E-state index in [1.807, 2.05) is 7.05 Å². The minimum absolute atomic E-state index is 0. The number of halogens is 1. The first-order chi connectivity index (χ1) is 13.3. The van der Waals surface area contributed by atoms with Gasteiger partial charge in [-0.3, -0.25) is 9.79 Å². The minimum atomic E-state index is 0. The zero-order chi connectivity index (χ0) is 18.9. The Bertz CT molecular complexity index is 660. The molecular weight excluding hydrogens is 463 g/mol. The average Bonchev–Trinajstić information content (AvgIpc) is 2.65. The van der Waals surface area contributed by atoms with Gasteiger partial charge in [-0.1, -0.05) is 48.4 Å². The van der Waals surface area contributed by atoms with Gasteiger partial charge < -0.3 is 15.5 Å². The van der Waals surface area contributed by atoms with Gasteiger partial charge in [-0.2, -0.15) is 0 Å². The highest BCUT2D eigenvalue weighted by Crippen LogP contribution is 2.26. The number of aliphatic imine (C=N–C) groups is 1. The normalized spacial score (nSPS) is 17.4. The van der Waals surface area contributed by atoms with Crippen LogP contribution in [-0.2, 0) is 4.79 Å². The Balaban J connectivity index is 0.00000280. The lowest BCUT2D eigenvalue weighted by atomic mass is 9.85. The summed E-state index contributed by atoms with van der Waals surface area (Å²) in [6.07, 6.45) is 8.72. The van der Waals surface area contributed by atoms with Gasteiger partial charge in [0.2, 0.25) is 5.91 Å². The Morgan fingerprint density at radius 2 is 1.82 bits per heavy atom. The quantitative estimate of drug-likeness (QED) is 0.274. The molecule has 2 N–H and O–H groups in total. The molecule has 1 aliphatic heterocycles. The lowest BCUT2D eigenvalue weighted by molar-refractivity contribution is -0.127. The van der Waals surface area contributed by atoms with E-state index in [9.17, 15) is 4.79 Å². The van der Waals surface area contributed by atoms with E-state index in [1.165, 1.54) is 17.6 Å². The number of likely N-dealkylation sites (tertiary alicyclic amines) is 1. The van der Waals surface area contributed by atoms with Crippen LogP contribution < -0.4 is 10.6 Å². The van der Waals surface area contributed by atoms with Gasteiger partial charge in [0, 0.05) is 39.1 Å². The molecule has 0 bridgehead atoms. The maximum Gasteiger partial charge on any atom is 0.223 e. The standard InChI is InChI=1S/C22H32N4O.HI/c1-23-22(25-14-6-13-24-21(27)20-9-5-10-20)26-15-11-19(12-16-26)17-18-7-3-2-4-8-18;/h2-4,7-8,17,20H,5-6,9-16H2,1H3,(H,23,25)(H,24,27);1H. The van der Waals surface area contributed by atoms with Crippen molar-refractivity contribution in [1.29, 1.82) is 0 Å². The second-order valence-electron chi connectivity index (χ2n) is 7.45. The molecule has 1 aliphatic carbocycles. The summed E-state index contributed by atoms with van der Waals surface area (Å²) in [5, 5.41) is 6.48. The van der Waals surface area contributed by atoms with Crippen LogP contribution in [0.15, 0.2) is 40.9 Å². The molecule has 0 atom stereocenters. The fourth-order valence-electron chi connectivity index (χ4n) is 3.58. The molecule has 28 heavy (non-hydrogen) atoms. The van der Waals surface area contributed by atoms with E-state index in [2.05, 4.69) is 56.9 Å². The molecule has 1 saturated carbocycles. The molecule has 5 nitrogen and oxygen atoms in total. The molecule has 1 saturated heterocycles. The fraction of sp³-hybridized carbons (Fsp3) is 0.545. The van der Waals surface area contributed by atoms with Crippen LogP contribution in [-0.4, -0.2) is 50.0 Å². The largest absolute Gasteiger partial charge is 0.356 e. The number of benzene rings is 1. The van der Waals surface area contributed by atoms with Crippen LogP contribution in [0, 0.1) is 5.92 Å². The Labute approximate surface area is 186 Å². The van der Waals surface area contributed by atoms with Gasteiger partial charge in [-0.15, -0.1) is 24.0 Å². The molecular formula is C22H33IN4O. The van der Waals surface area contributed by atoms with Crippen molar-refractivity contribution in [3.8, 4) is 0 Å². The maximum atomic E-state index is 11.8. The average molecular weight is 496 g/mol. The molecule has 3 rings (SSSR count). The molecule has 6 heteroatoms. The van der Waals surface area contributed by atoms with Crippen LogP contribution in [0.5, 0.6) is 0 Å². The summed E-state index contributed by atoms with van der Waals surface area (Å²) in [5.74, 6) is 1.48. The molecule has 0 spiro atoms. The van der Waals surface area contributed by atoms with E-state index >= 15 is 0 Å². The Morgan fingerprint density at radius 3 is 2.43 bits per heavy atom. The van der Waals surface area contributed by atoms with Gasteiger partial charge in [-0.25, -0.2) is 0 Å². The van der Waals surface area contributed by atoms with Gasteiger partial charge in [-0.05, 0) is 37.7 Å². The molecule has 0 unspecified atom stereocenters. The zero-order valence-electron chi connectivity index (χ0n) is 16.8. The predicted octanol–water partition coefficient (Wildman–Crippen LogP) is 3.67. The molecule has 2 aliphatic rings. The summed E-state index contributed by atoms with van der Waals surface area (Å²) in [6, 6.07) is 10.5. The maximum absolute atomic E-state index is 11.8. The SMILES string of the molecule is CN=C(NCCCNC(=O)C1CCC1)N1CCC(=Cc2ccccc2)CC1.I. The first-order valence-corrected chi connectivity index (χ1v) is 10.2. The minimum Gasteiger partial charge on any atom is -0.356 e. The monoisotopic (exact) mass is 496 g/mol. The van der Waals surface area contributed by atoms with Crippen molar-refractivity contribution in [2.75, 3.05) is 33.2 Å². The van der Waals surface area contributed by atoms with E-state index in [0.717, 1.165) is 64.2 Å². The van der Waals surface area contributed by atoms with Crippen LogP contribution >= 0.6 is 24.0 Å². The van der Waals surface area contributed by atoms with Crippen molar-refractivity contribution in [2.45, 2.75) is 38.5 Å². The van der Waals surface area contributed by atoms with Gasteiger partial charge >= 0.3 is 0 Å². The molecule has 2 fully saturated rings. The summed E-state index contributed by atoms with van der Waals surface area (Å²) in [7, 11) is 1.84. The second kappa shape index (κ2) is 12.1. The van der Waals surface area contributed by atoms with Gasteiger partial charge in [0.25, 0.3) is 0 Å². The van der Waals surface area contributed by atoms with E-state index in [0.29, 0.717) is 0 Å². The summed E-state index contributed by atoms with van der Waals surface area (Å²) in [5.41, 5.74) is 2.79. The fourth-order valence-corrected chi connectivity index (χ4v) is 3.58. The van der Waals surface area contributed by atoms with E-state index < -0.39 is 0 Å². The van der Waals surface area contributed by atoms with Crippen LogP contribution in [0.2, 0.25) is 0 Å². The van der Waals surface area contributed by atoms with Crippen LogP contribution in [0.3, 0.4) is 0 Å². The molecule has 0 radical (unpaired) electrons.